The number of hydrogen-bond acceptors (Lipinski definition) is 10. The molecule has 44 heavy (non-hydrogen) atoms. The van der Waals surface area contributed by atoms with Crippen molar-refractivity contribution in [1.29, 1.82) is 0 Å². The van der Waals surface area contributed by atoms with Crippen LogP contribution in [0.4, 0.5) is 34.5 Å². The molecule has 4 heterocycles. The number of piperidine rings is 2. The van der Waals surface area contributed by atoms with Gasteiger partial charge in [-0.25, -0.2) is 37.7 Å². The van der Waals surface area contributed by atoms with Crippen molar-refractivity contribution >= 4 is 23.9 Å². The molecule has 16 heteroatoms. The number of halogens is 3. The third-order valence-electron chi connectivity index (χ3n) is 7.43. The molecule has 0 unspecified atom stereocenters. The predicted molar refractivity (Wildman–Crippen MR) is 152 cm³/mol. The van der Waals surface area contributed by atoms with E-state index >= 15 is 4.39 Å². The van der Waals surface area contributed by atoms with Gasteiger partial charge in [0.05, 0.1) is 18.4 Å². The predicted octanol–water partition coefficient (Wildman–Crippen LogP) is 3.60. The standard InChI is InChI=1S/C28H32F3N9O4/c1-38-10-6-18(7-11-38)35-28(42)44-24-5-9-32-26(37-24)40-12-8-19(30)21(16-40)39(2)27(41)36-23-14-34-25(15-33-23)43-22-4-3-17(29)13-20(22)31/h3-5,9,13-15,18-19,21H,6-8,10-12,16H2,1-2H3,(H,35,42)(H,33,36,41)/t19-,21+/m1/s1. The van der Waals surface area contributed by atoms with E-state index in [-0.39, 0.29) is 48.3 Å². The Morgan fingerprint density at radius 1 is 1.02 bits per heavy atom. The number of alkyl halides is 1. The van der Waals surface area contributed by atoms with Gasteiger partial charge in [0.2, 0.25) is 17.7 Å². The van der Waals surface area contributed by atoms with Crippen LogP contribution in [0.25, 0.3) is 0 Å². The van der Waals surface area contributed by atoms with Gasteiger partial charge in [-0.1, -0.05) is 0 Å². The van der Waals surface area contributed by atoms with E-state index in [0.717, 1.165) is 44.3 Å². The molecule has 0 bridgehead atoms. The quantitative estimate of drug-likeness (QED) is 0.406. The SMILES string of the molecule is CN1CCC(NC(=O)Oc2ccnc(N3CC[C@@H](F)[C@@H](N(C)C(=O)Nc4cnc(Oc5ccc(F)cc5F)cn4)C3)n2)CC1. The number of likely N-dealkylation sites (N-methyl/N-ethyl adjacent to an activating group) is 1. The highest BCUT2D eigenvalue weighted by Gasteiger charge is 2.35. The molecular formula is C28H32F3N9O4. The minimum Gasteiger partial charge on any atom is -0.434 e. The minimum atomic E-state index is -1.32. The van der Waals surface area contributed by atoms with E-state index in [9.17, 15) is 18.4 Å². The Balaban J connectivity index is 1.16. The fraction of sp³-hybridized carbons (Fsp3) is 0.429. The van der Waals surface area contributed by atoms with Crippen molar-refractivity contribution in [2.24, 2.45) is 0 Å². The summed E-state index contributed by atoms with van der Waals surface area (Å²) in [6, 6.07) is 2.80. The number of benzene rings is 1. The maximum Gasteiger partial charge on any atom is 0.414 e. The monoisotopic (exact) mass is 615 g/mol. The average molecular weight is 616 g/mol. The lowest BCUT2D eigenvalue weighted by Gasteiger charge is -2.39. The van der Waals surface area contributed by atoms with Crippen molar-refractivity contribution < 1.29 is 32.2 Å². The number of urea groups is 1. The van der Waals surface area contributed by atoms with Crippen LogP contribution in [0.15, 0.2) is 42.9 Å². The van der Waals surface area contributed by atoms with Crippen molar-refractivity contribution in [2.45, 2.75) is 37.5 Å². The topological polar surface area (TPSA) is 138 Å². The second-order valence-corrected chi connectivity index (χ2v) is 10.6. The summed E-state index contributed by atoms with van der Waals surface area (Å²) in [5.74, 6) is -1.66. The van der Waals surface area contributed by atoms with E-state index in [0.29, 0.717) is 12.6 Å². The van der Waals surface area contributed by atoms with Crippen LogP contribution in [0.1, 0.15) is 19.3 Å². The highest BCUT2D eigenvalue weighted by molar-refractivity contribution is 5.88. The maximum atomic E-state index is 15.0. The molecule has 0 aliphatic carbocycles. The molecule has 3 amide bonds. The van der Waals surface area contributed by atoms with Crippen LogP contribution in [0.5, 0.6) is 17.5 Å². The molecule has 234 valence electrons. The molecule has 2 fully saturated rings. The molecule has 5 rings (SSSR count). The first kappa shape index (κ1) is 30.7. The molecule has 2 aromatic heterocycles. The molecule has 3 aromatic rings. The number of nitrogens with zero attached hydrogens (tertiary/aromatic N) is 7. The summed E-state index contributed by atoms with van der Waals surface area (Å²) in [4.78, 5) is 47.1. The second kappa shape index (κ2) is 13.7. The first-order chi connectivity index (χ1) is 21.1. The third kappa shape index (κ3) is 7.80. The number of carbonyl (C=O) groups excluding carboxylic acids is 2. The Hall–Kier alpha value is -4.73. The van der Waals surface area contributed by atoms with Gasteiger partial charge in [0, 0.05) is 44.5 Å². The third-order valence-corrected chi connectivity index (χ3v) is 7.43. The highest BCUT2D eigenvalue weighted by atomic mass is 19.1. The Morgan fingerprint density at radius 2 is 1.82 bits per heavy atom. The van der Waals surface area contributed by atoms with Gasteiger partial charge in [0.1, 0.15) is 12.0 Å². The highest BCUT2D eigenvalue weighted by Crippen LogP contribution is 2.25. The number of carbonyl (C=O) groups is 2. The summed E-state index contributed by atoms with van der Waals surface area (Å²) in [5.41, 5.74) is 0. The van der Waals surface area contributed by atoms with E-state index in [1.807, 2.05) is 7.05 Å². The molecule has 2 aliphatic rings. The van der Waals surface area contributed by atoms with Gasteiger partial charge in [-0.2, -0.15) is 4.98 Å². The number of amides is 3. The smallest absolute Gasteiger partial charge is 0.414 e. The van der Waals surface area contributed by atoms with Crippen molar-refractivity contribution in [1.82, 2.24) is 35.1 Å². The normalized spacial score (nSPS) is 19.2. The van der Waals surface area contributed by atoms with Crippen molar-refractivity contribution in [3.05, 3.63) is 54.5 Å². The molecule has 13 nitrogen and oxygen atoms in total. The van der Waals surface area contributed by atoms with E-state index in [1.165, 1.54) is 30.4 Å². The number of hydrogen-bond donors (Lipinski definition) is 2. The van der Waals surface area contributed by atoms with Gasteiger partial charge >= 0.3 is 12.1 Å². The fourth-order valence-corrected chi connectivity index (χ4v) is 4.89. The van der Waals surface area contributed by atoms with Gasteiger partial charge in [-0.3, -0.25) is 5.32 Å². The zero-order chi connectivity index (χ0) is 31.2. The lowest BCUT2D eigenvalue weighted by Crippen LogP contribution is -2.55. The maximum absolute atomic E-state index is 15.0. The van der Waals surface area contributed by atoms with Crippen LogP contribution in [-0.4, -0.2) is 100 Å². The number of rotatable bonds is 7. The Labute approximate surface area is 251 Å². The van der Waals surface area contributed by atoms with Crippen molar-refractivity contribution in [2.75, 3.05) is 50.5 Å². The van der Waals surface area contributed by atoms with E-state index < -0.39 is 36.0 Å². The van der Waals surface area contributed by atoms with Crippen LogP contribution in [0.2, 0.25) is 0 Å². The van der Waals surface area contributed by atoms with Gasteiger partial charge in [0.25, 0.3) is 0 Å². The lowest BCUT2D eigenvalue weighted by atomic mass is 10.0. The number of aromatic nitrogens is 4. The summed E-state index contributed by atoms with van der Waals surface area (Å²) in [6.45, 7) is 2.14. The first-order valence-electron chi connectivity index (χ1n) is 14.0. The van der Waals surface area contributed by atoms with E-state index in [2.05, 4.69) is 35.5 Å². The molecule has 2 atom stereocenters. The Morgan fingerprint density at radius 3 is 2.55 bits per heavy atom. The average Bonchev–Trinajstić information content (AvgIpc) is 3.00. The Bertz CT molecular complexity index is 1460. The summed E-state index contributed by atoms with van der Waals surface area (Å²) in [6.07, 6.45) is 3.62. The van der Waals surface area contributed by atoms with Gasteiger partial charge < -0.3 is 29.5 Å². The Kier molecular flexibility index (Phi) is 9.57. The van der Waals surface area contributed by atoms with Gasteiger partial charge in [0.15, 0.2) is 17.4 Å². The number of likely N-dealkylation sites (tertiary alicyclic amines) is 1. The lowest BCUT2D eigenvalue weighted by molar-refractivity contribution is 0.133. The van der Waals surface area contributed by atoms with Crippen molar-refractivity contribution in [3.8, 4) is 17.5 Å². The number of anilines is 2. The molecule has 0 spiro atoms. The van der Waals surface area contributed by atoms with Crippen LogP contribution >= 0.6 is 0 Å². The molecule has 0 saturated carbocycles. The molecule has 2 aliphatic heterocycles. The van der Waals surface area contributed by atoms with Crippen LogP contribution in [0, 0.1) is 11.6 Å². The second-order valence-electron chi connectivity index (χ2n) is 10.6. The molecule has 2 saturated heterocycles. The van der Waals surface area contributed by atoms with E-state index in [1.54, 1.807) is 4.90 Å². The summed E-state index contributed by atoms with van der Waals surface area (Å²) in [7, 11) is 3.48. The summed E-state index contributed by atoms with van der Waals surface area (Å²) < 4.78 is 52.6. The van der Waals surface area contributed by atoms with Crippen molar-refractivity contribution in [3.63, 3.8) is 0 Å². The van der Waals surface area contributed by atoms with Gasteiger partial charge in [-0.15, -0.1) is 0 Å². The molecule has 2 N–H and O–H groups in total. The van der Waals surface area contributed by atoms with Gasteiger partial charge in [-0.05, 0) is 51.5 Å². The summed E-state index contributed by atoms with van der Waals surface area (Å²) in [5, 5.41) is 5.40. The van der Waals surface area contributed by atoms with Crippen LogP contribution in [-0.2, 0) is 0 Å². The number of nitrogens with one attached hydrogen (secondary N) is 2. The number of ether oxygens (including phenoxy) is 2. The van der Waals surface area contributed by atoms with Crippen LogP contribution < -0.4 is 25.0 Å². The molecule has 0 radical (unpaired) electrons. The minimum absolute atomic E-state index is 0.0225. The zero-order valence-electron chi connectivity index (χ0n) is 24.1. The first-order valence-corrected chi connectivity index (χ1v) is 14.0. The summed E-state index contributed by atoms with van der Waals surface area (Å²) >= 11 is 0. The van der Waals surface area contributed by atoms with E-state index in [4.69, 9.17) is 9.47 Å². The molecule has 1 aromatic carbocycles. The zero-order valence-corrected chi connectivity index (χ0v) is 24.1. The molecular weight excluding hydrogens is 583 g/mol. The largest absolute Gasteiger partial charge is 0.434 e. The fourth-order valence-electron chi connectivity index (χ4n) is 4.89. The van der Waals surface area contributed by atoms with Crippen LogP contribution in [0.3, 0.4) is 0 Å².